The summed E-state index contributed by atoms with van der Waals surface area (Å²) in [5.41, 5.74) is -6.71. The third kappa shape index (κ3) is 4.52. The molecule has 50 heavy (non-hydrogen) atoms. The van der Waals surface area contributed by atoms with Crippen LogP contribution in [0.15, 0.2) is 175 Å². The molecule has 10 rings (SSSR count). The number of para-hydroxylation sites is 4. The van der Waals surface area contributed by atoms with Gasteiger partial charge in [0.25, 0.3) is 0 Å². The van der Waals surface area contributed by atoms with E-state index in [2.05, 4.69) is 15.0 Å². The molecule has 0 atom stereocenters. The molecule has 0 spiro atoms. The lowest BCUT2D eigenvalue weighted by Crippen LogP contribution is -2.06. The van der Waals surface area contributed by atoms with E-state index in [1.54, 1.807) is 0 Å². The predicted octanol–water partition coefficient (Wildman–Crippen LogP) is 11.1. The van der Waals surface area contributed by atoms with Gasteiger partial charge in [-0.05, 0) is 47.4 Å². The van der Waals surface area contributed by atoms with Crippen LogP contribution in [0.4, 0.5) is 0 Å². The van der Waals surface area contributed by atoms with Crippen molar-refractivity contribution in [1.29, 1.82) is 0 Å². The number of hydrogen-bond donors (Lipinski definition) is 0. The standard InChI is InChI=1S/C45H29N5/c1-2-13-30(14-3-1)31-25-27-32(28-26-31)43-46-44(48-45(47-43)50-41-23-10-6-19-37(41)38-20-7-11-24-42(38)50)33-15-12-16-34(29-33)49-39-21-8-4-17-35(39)36-18-5-9-22-40(36)49/h1-29H/i1D,2D,3D,4D,5D,6D,7D,8D,9D,10D,11D,12D,13D,14D,15D,16D,17D,18D,19D,20D,21D,22D,23D,24D,25D,26D,27D,28D,29D. The Hall–Kier alpha value is -6.85. The number of fused-ring (bicyclic) bond motifs is 6. The minimum atomic E-state index is -1.09. The van der Waals surface area contributed by atoms with Crippen LogP contribution in [0.25, 0.3) is 89.2 Å². The minimum absolute atomic E-state index is 0.504. The lowest BCUT2D eigenvalue weighted by atomic mass is 10.0. The lowest BCUT2D eigenvalue weighted by molar-refractivity contribution is 0.953. The molecular formula is C45H29N5. The summed E-state index contributed by atoms with van der Waals surface area (Å²) in [4.78, 5) is 13.3. The summed E-state index contributed by atoms with van der Waals surface area (Å²) in [5, 5.41) is -2.03. The first-order valence-corrected chi connectivity index (χ1v) is 14.4. The summed E-state index contributed by atoms with van der Waals surface area (Å²) in [7, 11) is 0. The highest BCUT2D eigenvalue weighted by Gasteiger charge is 2.19. The monoisotopic (exact) mass is 668 g/mol. The van der Waals surface area contributed by atoms with E-state index in [4.69, 9.17) is 32.9 Å². The number of nitrogens with zero attached hydrogens (tertiary/aromatic N) is 5. The van der Waals surface area contributed by atoms with Gasteiger partial charge >= 0.3 is 0 Å². The summed E-state index contributed by atoms with van der Waals surface area (Å²) in [6, 6.07) is -26.8. The van der Waals surface area contributed by atoms with Crippen LogP contribution in [0, 0.1) is 0 Å². The second-order valence-electron chi connectivity index (χ2n) is 10.3. The fourth-order valence-corrected chi connectivity index (χ4v) is 5.44. The second kappa shape index (κ2) is 11.4. The van der Waals surface area contributed by atoms with Gasteiger partial charge in [-0.2, -0.15) is 9.97 Å². The van der Waals surface area contributed by atoms with Gasteiger partial charge in [-0.3, -0.25) is 4.57 Å². The van der Waals surface area contributed by atoms with E-state index in [0.717, 1.165) is 9.13 Å². The molecule has 5 heteroatoms. The maximum Gasteiger partial charge on any atom is 0.238 e. The van der Waals surface area contributed by atoms with Crippen molar-refractivity contribution >= 4 is 43.6 Å². The molecule has 234 valence electrons. The Morgan fingerprint density at radius 2 is 0.760 bits per heavy atom. The maximum atomic E-state index is 9.86. The second-order valence-corrected chi connectivity index (χ2v) is 10.3. The van der Waals surface area contributed by atoms with Gasteiger partial charge in [0.15, 0.2) is 11.6 Å². The van der Waals surface area contributed by atoms with Crippen LogP contribution in [-0.2, 0) is 0 Å². The zero-order chi connectivity index (χ0) is 58.3. The average molecular weight is 669 g/mol. The molecule has 0 saturated heterocycles. The number of rotatable bonds is 5. The maximum absolute atomic E-state index is 9.86. The van der Waals surface area contributed by atoms with Crippen LogP contribution in [-0.4, -0.2) is 24.1 Å². The van der Waals surface area contributed by atoms with Crippen LogP contribution in [0.5, 0.6) is 0 Å². The summed E-state index contributed by atoms with van der Waals surface area (Å²) in [6.45, 7) is 0. The van der Waals surface area contributed by atoms with Crippen LogP contribution in [0.1, 0.15) is 39.8 Å². The van der Waals surface area contributed by atoms with Crippen molar-refractivity contribution in [1.82, 2.24) is 24.1 Å². The van der Waals surface area contributed by atoms with E-state index in [1.807, 2.05) is 0 Å². The fraction of sp³-hybridized carbons (Fsp3) is 0. The number of aromatic nitrogens is 5. The molecule has 0 saturated carbocycles. The highest BCUT2D eigenvalue weighted by atomic mass is 15.2. The molecule has 0 N–H and O–H groups in total. The van der Waals surface area contributed by atoms with Crippen molar-refractivity contribution in [2.75, 3.05) is 0 Å². The van der Waals surface area contributed by atoms with E-state index in [0.29, 0.717) is 0 Å². The molecule has 0 radical (unpaired) electrons. The van der Waals surface area contributed by atoms with E-state index in [-0.39, 0.29) is 0 Å². The molecule has 5 nitrogen and oxygen atoms in total. The van der Waals surface area contributed by atoms with E-state index in [9.17, 15) is 6.85 Å². The topological polar surface area (TPSA) is 48.5 Å². The Balaban J connectivity index is 1.43. The zero-order valence-corrected chi connectivity index (χ0v) is 24.7. The van der Waals surface area contributed by atoms with Gasteiger partial charge in [0, 0.05) is 38.4 Å². The van der Waals surface area contributed by atoms with Crippen LogP contribution in [0.2, 0.25) is 0 Å². The lowest BCUT2D eigenvalue weighted by Gasteiger charge is -2.13. The number of benzene rings is 7. The smallest absolute Gasteiger partial charge is 0.238 e. The van der Waals surface area contributed by atoms with E-state index >= 15 is 0 Å². The van der Waals surface area contributed by atoms with Crippen LogP contribution < -0.4 is 0 Å². The summed E-state index contributed by atoms with van der Waals surface area (Å²) >= 11 is 0. The van der Waals surface area contributed by atoms with Gasteiger partial charge in [0.2, 0.25) is 5.95 Å². The molecule has 3 heterocycles. The molecule has 10 aromatic rings. The molecule has 0 aliphatic rings. The van der Waals surface area contributed by atoms with E-state index in [1.165, 1.54) is 0 Å². The van der Waals surface area contributed by atoms with Crippen LogP contribution in [0.3, 0.4) is 0 Å². The molecule has 0 amide bonds. The zero-order valence-electron chi connectivity index (χ0n) is 53.7. The van der Waals surface area contributed by atoms with Crippen molar-refractivity contribution in [3.63, 3.8) is 0 Å². The van der Waals surface area contributed by atoms with Gasteiger partial charge in [0.05, 0.1) is 61.8 Å². The minimum Gasteiger partial charge on any atom is -0.309 e. The van der Waals surface area contributed by atoms with Gasteiger partial charge in [-0.1, -0.05) is 139 Å². The molecule has 0 aliphatic carbocycles. The van der Waals surface area contributed by atoms with Crippen molar-refractivity contribution < 1.29 is 39.8 Å². The Labute approximate surface area is 329 Å². The normalized spacial score (nSPS) is 19.7. The Kier molecular flexibility index (Phi) is 2.65. The van der Waals surface area contributed by atoms with Gasteiger partial charge in [-0.25, -0.2) is 4.98 Å². The Morgan fingerprint density at radius 1 is 0.340 bits per heavy atom. The first-order valence-electron chi connectivity index (χ1n) is 28.9. The van der Waals surface area contributed by atoms with Crippen LogP contribution >= 0.6 is 0 Å². The fourth-order valence-electron chi connectivity index (χ4n) is 5.44. The Bertz CT molecular complexity index is 4330. The summed E-state index contributed by atoms with van der Waals surface area (Å²) in [6.07, 6.45) is 0. The van der Waals surface area contributed by atoms with Crippen molar-refractivity contribution in [2.45, 2.75) is 0 Å². The molecule has 0 aliphatic heterocycles. The first-order chi connectivity index (χ1) is 36.9. The van der Waals surface area contributed by atoms with Gasteiger partial charge in [-0.15, -0.1) is 0 Å². The number of hydrogen-bond acceptors (Lipinski definition) is 3. The van der Waals surface area contributed by atoms with Crippen molar-refractivity contribution in [3.05, 3.63) is 175 Å². The quantitative estimate of drug-likeness (QED) is 0.183. The average Bonchev–Trinajstić information content (AvgIpc) is 4.13. The molecular weight excluding hydrogens is 611 g/mol. The predicted molar refractivity (Wildman–Crippen MR) is 205 cm³/mol. The van der Waals surface area contributed by atoms with Gasteiger partial charge < -0.3 is 4.57 Å². The molecule has 0 fully saturated rings. The molecule has 3 aromatic heterocycles. The summed E-state index contributed by atoms with van der Waals surface area (Å²) in [5.74, 6) is -2.90. The third-order valence-corrected chi connectivity index (χ3v) is 7.55. The van der Waals surface area contributed by atoms with Gasteiger partial charge in [0.1, 0.15) is 0 Å². The summed E-state index contributed by atoms with van der Waals surface area (Å²) < 4.78 is 258. The molecule has 0 bridgehead atoms. The Morgan fingerprint density at radius 3 is 1.32 bits per heavy atom. The van der Waals surface area contributed by atoms with Crippen molar-refractivity contribution in [2.24, 2.45) is 0 Å². The highest BCUT2D eigenvalue weighted by molar-refractivity contribution is 6.10. The molecule has 7 aromatic carbocycles. The SMILES string of the molecule is [2H]c1c([2H])c([2H])c(-c2c([2H])c([2H])c(-c3nc(-c4c([2H])c([2H])c([2H])c(-n5c6c([2H])c([2H])c([2H])c([2H])c6c6c([2H])c([2H])c([2H])c([2H])c65)c4[2H])nc(-n4c5c([2H])c([2H])c([2H])c([2H])c5c5c([2H])c([2H])c([2H])c([2H])c54)n3)c([2H])c2[2H])c([2H])c1[2H]. The largest absolute Gasteiger partial charge is 0.309 e. The van der Waals surface area contributed by atoms with Crippen molar-refractivity contribution in [3.8, 4) is 45.5 Å². The first kappa shape index (κ1) is 11.6. The molecule has 0 unspecified atom stereocenters. The highest BCUT2D eigenvalue weighted by Crippen LogP contribution is 2.35. The van der Waals surface area contributed by atoms with E-state index < -0.39 is 264 Å². The third-order valence-electron chi connectivity index (χ3n) is 7.55.